The van der Waals surface area contributed by atoms with E-state index in [1.54, 1.807) is 0 Å². The van der Waals surface area contributed by atoms with Gasteiger partial charge in [-0.3, -0.25) is 4.90 Å². The summed E-state index contributed by atoms with van der Waals surface area (Å²) in [4.78, 5) is 7.11. The van der Waals surface area contributed by atoms with Crippen molar-refractivity contribution in [2.24, 2.45) is 0 Å². The summed E-state index contributed by atoms with van der Waals surface area (Å²) in [5.74, 6) is 0. The smallest absolute Gasteiger partial charge is 0.137 e. The summed E-state index contributed by atoms with van der Waals surface area (Å²) in [7, 11) is 0. The normalized spacial score (nSPS) is 23.6. The maximum atomic E-state index is 4.42. The molecule has 120 valence electrons. The lowest BCUT2D eigenvalue weighted by atomic mass is 9.97. The van der Waals surface area contributed by atoms with Crippen LogP contribution in [0.15, 0.2) is 67.0 Å². The molecule has 0 radical (unpaired) electrons. The first kappa shape index (κ1) is 14.0. The van der Waals surface area contributed by atoms with Gasteiger partial charge >= 0.3 is 0 Å². The van der Waals surface area contributed by atoms with Gasteiger partial charge in [0.1, 0.15) is 5.65 Å². The molecular weight excluding hydrogens is 294 g/mol. The van der Waals surface area contributed by atoms with Crippen LogP contribution >= 0.6 is 0 Å². The third-order valence-electron chi connectivity index (χ3n) is 5.51. The Bertz CT molecular complexity index is 894. The second kappa shape index (κ2) is 5.60. The molecule has 2 atom stereocenters. The second-order valence-corrected chi connectivity index (χ2v) is 6.92. The van der Waals surface area contributed by atoms with E-state index in [0.29, 0.717) is 12.1 Å². The Morgan fingerprint density at radius 1 is 1.00 bits per heavy atom. The average Bonchev–Trinajstić information content (AvgIpc) is 3.17. The molecule has 24 heavy (non-hydrogen) atoms. The van der Waals surface area contributed by atoms with E-state index in [4.69, 9.17) is 0 Å². The lowest BCUT2D eigenvalue weighted by Gasteiger charge is -2.34. The van der Waals surface area contributed by atoms with E-state index in [9.17, 15) is 0 Å². The van der Waals surface area contributed by atoms with E-state index in [1.807, 2.05) is 6.20 Å². The van der Waals surface area contributed by atoms with Crippen molar-refractivity contribution >= 4 is 11.2 Å². The first-order chi connectivity index (χ1) is 11.9. The lowest BCUT2D eigenvalue weighted by molar-refractivity contribution is 0.203. The summed E-state index contributed by atoms with van der Waals surface area (Å²) in [6, 6.07) is 18.5. The molecule has 5 rings (SSSR count). The molecule has 2 aromatic heterocycles. The Balaban J connectivity index is 1.47. The summed E-state index contributed by atoms with van der Waals surface area (Å²) in [5.41, 5.74) is 5.24. The number of fused-ring (bicyclic) bond motifs is 3. The number of rotatable bonds is 3. The average molecular weight is 315 g/mol. The minimum absolute atomic E-state index is 0.567. The quantitative estimate of drug-likeness (QED) is 0.723. The van der Waals surface area contributed by atoms with Gasteiger partial charge in [0.2, 0.25) is 0 Å². The van der Waals surface area contributed by atoms with E-state index in [-0.39, 0.29) is 0 Å². The molecule has 0 saturated carbocycles. The van der Waals surface area contributed by atoms with Crippen LogP contribution in [0.2, 0.25) is 0 Å². The molecule has 2 unspecified atom stereocenters. The van der Waals surface area contributed by atoms with Gasteiger partial charge in [0, 0.05) is 31.0 Å². The lowest BCUT2D eigenvalue weighted by Crippen LogP contribution is -2.37. The molecule has 0 spiro atoms. The number of imidazole rings is 1. The molecule has 0 amide bonds. The van der Waals surface area contributed by atoms with Crippen LogP contribution in [0.4, 0.5) is 0 Å². The number of nitrogens with zero attached hydrogens (tertiary/aromatic N) is 3. The Labute approximate surface area is 142 Å². The van der Waals surface area contributed by atoms with Crippen LogP contribution in [0.25, 0.3) is 11.2 Å². The Hall–Kier alpha value is -2.39. The molecule has 4 heterocycles. The molecular formula is C21H21N3. The highest BCUT2D eigenvalue weighted by Crippen LogP contribution is 2.39. The van der Waals surface area contributed by atoms with Crippen LogP contribution in [-0.2, 0) is 6.54 Å². The molecule has 1 fully saturated rings. The maximum absolute atomic E-state index is 4.42. The van der Waals surface area contributed by atoms with Crippen molar-refractivity contribution in [3.05, 3.63) is 78.3 Å². The molecule has 3 aromatic rings. The third-order valence-corrected chi connectivity index (χ3v) is 5.51. The highest BCUT2D eigenvalue weighted by atomic mass is 15.2. The summed E-state index contributed by atoms with van der Waals surface area (Å²) in [6.45, 7) is 1.06. The van der Waals surface area contributed by atoms with Crippen LogP contribution in [0.5, 0.6) is 0 Å². The Morgan fingerprint density at radius 2 is 1.92 bits per heavy atom. The largest absolute Gasteiger partial charge is 0.300 e. The molecule has 3 nitrogen and oxygen atoms in total. The number of pyridine rings is 1. The first-order valence-corrected chi connectivity index (χ1v) is 8.81. The van der Waals surface area contributed by atoms with Gasteiger partial charge in [0.05, 0.1) is 5.69 Å². The molecule has 3 heteroatoms. The van der Waals surface area contributed by atoms with Crippen molar-refractivity contribution in [3.63, 3.8) is 0 Å². The fourth-order valence-corrected chi connectivity index (χ4v) is 4.36. The van der Waals surface area contributed by atoms with E-state index in [1.165, 1.54) is 29.7 Å². The van der Waals surface area contributed by atoms with Gasteiger partial charge < -0.3 is 4.40 Å². The van der Waals surface area contributed by atoms with Crippen molar-refractivity contribution < 1.29 is 0 Å². The fourth-order valence-electron chi connectivity index (χ4n) is 4.36. The minimum Gasteiger partial charge on any atom is -0.300 e. The van der Waals surface area contributed by atoms with Crippen molar-refractivity contribution in [2.45, 2.75) is 37.9 Å². The zero-order valence-electron chi connectivity index (χ0n) is 13.7. The highest BCUT2D eigenvalue weighted by molar-refractivity contribution is 5.68. The summed E-state index contributed by atoms with van der Waals surface area (Å²) >= 11 is 0. The van der Waals surface area contributed by atoms with Gasteiger partial charge in [-0.2, -0.15) is 0 Å². The van der Waals surface area contributed by atoms with E-state index >= 15 is 0 Å². The van der Waals surface area contributed by atoms with E-state index in [0.717, 1.165) is 18.6 Å². The second-order valence-electron chi connectivity index (χ2n) is 6.92. The van der Waals surface area contributed by atoms with Crippen LogP contribution in [0.3, 0.4) is 0 Å². The minimum atomic E-state index is 0.567. The zero-order chi connectivity index (χ0) is 15.9. The third kappa shape index (κ3) is 2.28. The SMILES string of the molecule is C1=C(c2cccc3nccn23)CC2CCC1N2Cc1ccccc1. The molecule has 0 aliphatic carbocycles. The van der Waals surface area contributed by atoms with Crippen LogP contribution in [0.1, 0.15) is 30.5 Å². The fraction of sp³-hybridized carbons (Fsp3) is 0.286. The van der Waals surface area contributed by atoms with Gasteiger partial charge in [0.15, 0.2) is 0 Å². The van der Waals surface area contributed by atoms with Gasteiger partial charge in [0.25, 0.3) is 0 Å². The molecule has 1 saturated heterocycles. The van der Waals surface area contributed by atoms with Crippen LogP contribution < -0.4 is 0 Å². The highest BCUT2D eigenvalue weighted by Gasteiger charge is 2.36. The number of benzene rings is 1. The van der Waals surface area contributed by atoms with Crippen molar-refractivity contribution in [3.8, 4) is 0 Å². The predicted molar refractivity (Wildman–Crippen MR) is 96.6 cm³/mol. The van der Waals surface area contributed by atoms with Crippen molar-refractivity contribution in [1.82, 2.24) is 14.3 Å². The first-order valence-electron chi connectivity index (χ1n) is 8.81. The molecule has 2 aliphatic heterocycles. The molecule has 0 N–H and O–H groups in total. The van der Waals surface area contributed by atoms with Crippen molar-refractivity contribution in [1.29, 1.82) is 0 Å². The molecule has 1 aromatic carbocycles. The van der Waals surface area contributed by atoms with Gasteiger partial charge in [-0.05, 0) is 42.5 Å². The van der Waals surface area contributed by atoms with E-state index < -0.39 is 0 Å². The number of hydrogen-bond donors (Lipinski definition) is 0. The van der Waals surface area contributed by atoms with Gasteiger partial charge in [-0.15, -0.1) is 0 Å². The number of hydrogen-bond acceptors (Lipinski definition) is 2. The van der Waals surface area contributed by atoms with Crippen molar-refractivity contribution in [2.75, 3.05) is 0 Å². The Morgan fingerprint density at radius 3 is 2.79 bits per heavy atom. The summed E-state index contributed by atoms with van der Waals surface area (Å²) < 4.78 is 2.22. The number of aromatic nitrogens is 2. The summed E-state index contributed by atoms with van der Waals surface area (Å²) in [6.07, 6.45) is 10.2. The van der Waals surface area contributed by atoms with E-state index in [2.05, 4.69) is 75.1 Å². The van der Waals surface area contributed by atoms with Crippen LogP contribution in [0, 0.1) is 0 Å². The zero-order valence-corrected chi connectivity index (χ0v) is 13.7. The predicted octanol–water partition coefficient (Wildman–Crippen LogP) is 4.15. The molecule has 2 bridgehead atoms. The maximum Gasteiger partial charge on any atom is 0.137 e. The van der Waals surface area contributed by atoms with Gasteiger partial charge in [-0.25, -0.2) is 4.98 Å². The monoisotopic (exact) mass is 315 g/mol. The van der Waals surface area contributed by atoms with Crippen LogP contribution in [-0.4, -0.2) is 26.4 Å². The standard InChI is InChI=1S/C21H21N3/c1-2-5-16(6-3-1)15-24-18-9-10-19(24)14-17(13-18)20-7-4-8-21-22-11-12-23(20)21/h1-8,11-13,18-19H,9-10,14-15H2. The Kier molecular flexibility index (Phi) is 3.27. The van der Waals surface area contributed by atoms with Gasteiger partial charge in [-0.1, -0.05) is 42.5 Å². The summed E-state index contributed by atoms with van der Waals surface area (Å²) in [5, 5.41) is 0. The topological polar surface area (TPSA) is 20.5 Å². The molecule has 2 aliphatic rings.